The standard InChI is InChI=1S/C12H12ClFO2/c1-12(2,7-10(14)11(15)16)8-3-5-9(13)6-4-8/h3-7H,1-2H3,(H,15,16). The lowest BCUT2D eigenvalue weighted by molar-refractivity contribution is -0.134. The molecule has 0 saturated carbocycles. The van der Waals surface area contributed by atoms with Gasteiger partial charge in [0.15, 0.2) is 0 Å². The second-order valence-electron chi connectivity index (χ2n) is 4.03. The van der Waals surface area contributed by atoms with Gasteiger partial charge in [0.25, 0.3) is 0 Å². The third-order valence-corrected chi connectivity index (χ3v) is 2.53. The molecule has 0 fully saturated rings. The minimum Gasteiger partial charge on any atom is -0.476 e. The Balaban J connectivity index is 3.06. The summed E-state index contributed by atoms with van der Waals surface area (Å²) in [6, 6.07) is 6.86. The number of allylic oxidation sites excluding steroid dienone is 1. The molecule has 0 saturated heterocycles. The highest BCUT2D eigenvalue weighted by Gasteiger charge is 2.21. The van der Waals surface area contributed by atoms with Gasteiger partial charge >= 0.3 is 5.97 Å². The van der Waals surface area contributed by atoms with Crippen molar-refractivity contribution < 1.29 is 14.3 Å². The molecule has 0 aliphatic rings. The Morgan fingerprint density at radius 1 is 1.38 bits per heavy atom. The summed E-state index contributed by atoms with van der Waals surface area (Å²) in [5.41, 5.74) is 0.112. The van der Waals surface area contributed by atoms with Gasteiger partial charge in [0.05, 0.1) is 0 Å². The number of halogens is 2. The number of carboxylic acid groups (broad SMARTS) is 1. The molecule has 2 nitrogen and oxygen atoms in total. The Kier molecular flexibility index (Phi) is 3.70. The highest BCUT2D eigenvalue weighted by molar-refractivity contribution is 6.30. The van der Waals surface area contributed by atoms with E-state index >= 15 is 0 Å². The molecule has 1 aromatic carbocycles. The molecule has 0 aliphatic carbocycles. The average molecular weight is 243 g/mol. The largest absolute Gasteiger partial charge is 0.476 e. The lowest BCUT2D eigenvalue weighted by Crippen LogP contribution is -2.15. The van der Waals surface area contributed by atoms with Crippen molar-refractivity contribution in [1.82, 2.24) is 0 Å². The maximum Gasteiger partial charge on any atom is 0.364 e. The SMILES string of the molecule is CC(C)(C=C(F)C(=O)O)c1ccc(Cl)cc1. The minimum absolute atomic E-state index is 0.585. The van der Waals surface area contributed by atoms with Crippen molar-refractivity contribution in [3.63, 3.8) is 0 Å². The number of aliphatic carboxylic acids is 1. The highest BCUT2D eigenvalue weighted by atomic mass is 35.5. The fourth-order valence-electron chi connectivity index (χ4n) is 1.34. The van der Waals surface area contributed by atoms with Crippen LogP contribution in [0.4, 0.5) is 4.39 Å². The summed E-state index contributed by atoms with van der Waals surface area (Å²) >= 11 is 5.73. The quantitative estimate of drug-likeness (QED) is 0.823. The summed E-state index contributed by atoms with van der Waals surface area (Å²) in [6.07, 6.45) is 1.08. The van der Waals surface area contributed by atoms with Gasteiger partial charge in [-0.05, 0) is 23.8 Å². The van der Waals surface area contributed by atoms with Crippen LogP contribution in [0, 0.1) is 0 Å². The molecule has 0 atom stereocenters. The van der Waals surface area contributed by atoms with Crippen molar-refractivity contribution in [2.24, 2.45) is 0 Å². The zero-order chi connectivity index (χ0) is 12.3. The van der Waals surface area contributed by atoms with Gasteiger partial charge in [0, 0.05) is 10.4 Å². The minimum atomic E-state index is -1.55. The molecular weight excluding hydrogens is 231 g/mol. The van der Waals surface area contributed by atoms with Crippen molar-refractivity contribution in [3.05, 3.63) is 46.8 Å². The molecule has 0 aliphatic heterocycles. The van der Waals surface area contributed by atoms with Gasteiger partial charge in [-0.25, -0.2) is 4.79 Å². The second kappa shape index (κ2) is 4.66. The van der Waals surface area contributed by atoms with Crippen LogP contribution in [0.25, 0.3) is 0 Å². The van der Waals surface area contributed by atoms with Crippen LogP contribution in [-0.4, -0.2) is 11.1 Å². The lowest BCUT2D eigenvalue weighted by atomic mass is 9.84. The van der Waals surface area contributed by atoms with E-state index in [1.54, 1.807) is 38.1 Å². The third-order valence-electron chi connectivity index (χ3n) is 2.28. The van der Waals surface area contributed by atoms with Crippen molar-refractivity contribution in [2.75, 3.05) is 0 Å². The Morgan fingerprint density at radius 2 is 1.88 bits per heavy atom. The molecular formula is C12H12ClFO2. The summed E-state index contributed by atoms with van der Waals surface area (Å²) in [6.45, 7) is 3.47. The second-order valence-corrected chi connectivity index (χ2v) is 4.46. The van der Waals surface area contributed by atoms with E-state index in [2.05, 4.69) is 0 Å². The number of hydrogen-bond acceptors (Lipinski definition) is 1. The first-order chi connectivity index (χ1) is 7.33. The van der Waals surface area contributed by atoms with Gasteiger partial charge in [-0.2, -0.15) is 4.39 Å². The Bertz CT molecular complexity index is 421. The maximum absolute atomic E-state index is 13.0. The first kappa shape index (κ1) is 12.7. The van der Waals surface area contributed by atoms with Crippen molar-refractivity contribution in [1.29, 1.82) is 0 Å². The average Bonchev–Trinajstić information content (AvgIpc) is 2.17. The van der Waals surface area contributed by atoms with E-state index in [-0.39, 0.29) is 0 Å². The zero-order valence-corrected chi connectivity index (χ0v) is 9.75. The first-order valence-corrected chi connectivity index (χ1v) is 5.08. The van der Waals surface area contributed by atoms with Crippen molar-refractivity contribution in [3.8, 4) is 0 Å². The Labute approximate surface area is 98.4 Å². The van der Waals surface area contributed by atoms with Crippen LogP contribution in [0.1, 0.15) is 19.4 Å². The molecule has 86 valence electrons. The molecule has 0 spiro atoms. The molecule has 0 heterocycles. The van der Waals surface area contributed by atoms with Gasteiger partial charge in [-0.1, -0.05) is 37.6 Å². The molecule has 1 aromatic rings. The molecule has 0 bridgehead atoms. The number of carbonyl (C=O) groups is 1. The number of hydrogen-bond donors (Lipinski definition) is 1. The van der Waals surface area contributed by atoms with Crippen LogP contribution < -0.4 is 0 Å². The molecule has 16 heavy (non-hydrogen) atoms. The van der Waals surface area contributed by atoms with E-state index in [0.717, 1.165) is 11.6 Å². The van der Waals surface area contributed by atoms with E-state index in [9.17, 15) is 9.18 Å². The summed E-state index contributed by atoms with van der Waals surface area (Å²) < 4.78 is 13.0. The first-order valence-electron chi connectivity index (χ1n) is 4.70. The van der Waals surface area contributed by atoms with Crippen molar-refractivity contribution >= 4 is 17.6 Å². The lowest BCUT2D eigenvalue weighted by Gasteiger charge is -2.20. The fourth-order valence-corrected chi connectivity index (χ4v) is 1.47. The molecule has 0 radical (unpaired) electrons. The van der Waals surface area contributed by atoms with E-state index in [1.165, 1.54) is 0 Å². The summed E-state index contributed by atoms with van der Waals surface area (Å²) in [5.74, 6) is -2.71. The predicted octanol–water partition coefficient (Wildman–Crippen LogP) is 3.56. The Morgan fingerprint density at radius 3 is 2.31 bits per heavy atom. The van der Waals surface area contributed by atoms with Gasteiger partial charge in [-0.3, -0.25) is 0 Å². The fraction of sp³-hybridized carbons (Fsp3) is 0.250. The van der Waals surface area contributed by atoms with Crippen LogP contribution in [0.5, 0.6) is 0 Å². The van der Waals surface area contributed by atoms with E-state index in [1.807, 2.05) is 0 Å². The van der Waals surface area contributed by atoms with E-state index in [4.69, 9.17) is 16.7 Å². The molecule has 0 unspecified atom stereocenters. The third kappa shape index (κ3) is 3.07. The zero-order valence-electron chi connectivity index (χ0n) is 9.00. The maximum atomic E-state index is 13.0. The van der Waals surface area contributed by atoms with Crippen LogP contribution in [0.15, 0.2) is 36.2 Å². The molecule has 4 heteroatoms. The van der Waals surface area contributed by atoms with E-state index in [0.29, 0.717) is 5.02 Å². The monoisotopic (exact) mass is 242 g/mol. The normalized spacial score (nSPS) is 12.6. The summed E-state index contributed by atoms with van der Waals surface area (Å²) in [4.78, 5) is 10.4. The molecule has 1 rings (SSSR count). The molecule has 0 amide bonds. The van der Waals surface area contributed by atoms with Crippen LogP contribution in [-0.2, 0) is 10.2 Å². The molecule has 0 aromatic heterocycles. The van der Waals surface area contributed by atoms with Crippen LogP contribution in [0.3, 0.4) is 0 Å². The van der Waals surface area contributed by atoms with Gasteiger partial charge in [0.2, 0.25) is 5.83 Å². The number of benzene rings is 1. The van der Waals surface area contributed by atoms with Crippen LogP contribution >= 0.6 is 11.6 Å². The van der Waals surface area contributed by atoms with Crippen LogP contribution in [0.2, 0.25) is 5.02 Å². The summed E-state index contributed by atoms with van der Waals surface area (Å²) in [5, 5.41) is 9.06. The summed E-state index contributed by atoms with van der Waals surface area (Å²) in [7, 11) is 0. The van der Waals surface area contributed by atoms with Crippen molar-refractivity contribution in [2.45, 2.75) is 19.3 Å². The predicted molar refractivity (Wildman–Crippen MR) is 61.3 cm³/mol. The van der Waals surface area contributed by atoms with E-state index < -0.39 is 17.2 Å². The number of rotatable bonds is 3. The highest BCUT2D eigenvalue weighted by Crippen LogP contribution is 2.27. The van der Waals surface area contributed by atoms with Gasteiger partial charge in [0.1, 0.15) is 0 Å². The topological polar surface area (TPSA) is 37.3 Å². The smallest absolute Gasteiger partial charge is 0.364 e. The van der Waals surface area contributed by atoms with Gasteiger partial charge < -0.3 is 5.11 Å². The molecule has 1 N–H and O–H groups in total. The van der Waals surface area contributed by atoms with Gasteiger partial charge in [-0.15, -0.1) is 0 Å². The Hall–Kier alpha value is -1.35. The number of carboxylic acids is 1.